The highest BCUT2D eigenvalue weighted by atomic mass is 16.6. The van der Waals surface area contributed by atoms with Crippen LogP contribution in [0.1, 0.15) is 31.8 Å². The fraction of sp³-hybridized carbons (Fsp3) is 0.0435. The average Bonchev–Trinajstić information content (AvgIpc) is 2.73. The minimum absolute atomic E-state index is 0.0636. The molecule has 0 aromatic heterocycles. The van der Waals surface area contributed by atoms with E-state index in [2.05, 4.69) is 0 Å². The van der Waals surface area contributed by atoms with Gasteiger partial charge in [0.2, 0.25) is 0 Å². The molecule has 144 valence electrons. The maximum atomic E-state index is 12.4. The third-order valence-corrected chi connectivity index (χ3v) is 4.16. The van der Waals surface area contributed by atoms with Crippen LogP contribution >= 0.6 is 0 Å². The molecule has 3 aromatic carbocycles. The number of benzene rings is 3. The third kappa shape index (κ3) is 5.01. The van der Waals surface area contributed by atoms with Gasteiger partial charge in [-0.3, -0.25) is 14.9 Å². The number of aryl methyl sites for hydroxylation is 1. The first-order valence-electron chi connectivity index (χ1n) is 8.79. The van der Waals surface area contributed by atoms with Crippen LogP contribution in [0.3, 0.4) is 0 Å². The first kappa shape index (κ1) is 19.7. The molecule has 3 aromatic rings. The molecule has 0 radical (unpaired) electrons. The molecule has 6 heteroatoms. The number of nitro benzene ring substituents is 1. The molecule has 0 saturated heterocycles. The van der Waals surface area contributed by atoms with Crippen LogP contribution in [0.25, 0.3) is 6.08 Å². The Kier molecular flexibility index (Phi) is 5.94. The fourth-order valence-corrected chi connectivity index (χ4v) is 2.60. The van der Waals surface area contributed by atoms with Crippen LogP contribution in [0, 0.1) is 17.0 Å². The van der Waals surface area contributed by atoms with Gasteiger partial charge < -0.3 is 4.74 Å². The van der Waals surface area contributed by atoms with E-state index in [0.717, 1.165) is 11.6 Å². The minimum atomic E-state index is -0.723. The Balaban J connectivity index is 1.79. The molecule has 0 aliphatic heterocycles. The highest BCUT2D eigenvalue weighted by molar-refractivity contribution is 6.07. The van der Waals surface area contributed by atoms with Crippen molar-refractivity contribution in [3.63, 3.8) is 0 Å². The molecular weight excluding hydrogens is 370 g/mol. The molecule has 0 fully saturated rings. The lowest BCUT2D eigenvalue weighted by Crippen LogP contribution is -2.09. The molecule has 0 unspecified atom stereocenters. The monoisotopic (exact) mass is 387 g/mol. The Morgan fingerprint density at radius 3 is 2.38 bits per heavy atom. The van der Waals surface area contributed by atoms with Gasteiger partial charge in [-0.25, -0.2) is 4.79 Å². The minimum Gasteiger partial charge on any atom is -0.422 e. The number of esters is 1. The van der Waals surface area contributed by atoms with Crippen molar-refractivity contribution >= 4 is 23.5 Å². The molecule has 0 heterocycles. The standard InChI is InChI=1S/C23H17NO5/c1-16-9-11-17(12-10-16)21(25)14-13-18-5-2-3-8-22(18)29-23(26)19-6-4-7-20(15-19)24(27)28/h2-15H,1H3. The lowest BCUT2D eigenvalue weighted by atomic mass is 10.1. The highest BCUT2D eigenvalue weighted by Crippen LogP contribution is 2.22. The number of hydrogen-bond acceptors (Lipinski definition) is 5. The third-order valence-electron chi connectivity index (χ3n) is 4.16. The summed E-state index contributed by atoms with van der Waals surface area (Å²) in [6.07, 6.45) is 2.98. The quantitative estimate of drug-likeness (QED) is 0.148. The zero-order valence-corrected chi connectivity index (χ0v) is 15.6. The maximum absolute atomic E-state index is 12.4. The summed E-state index contributed by atoms with van der Waals surface area (Å²) in [5.41, 5.74) is 2.01. The van der Waals surface area contributed by atoms with Crippen molar-refractivity contribution < 1.29 is 19.2 Å². The topological polar surface area (TPSA) is 86.5 Å². The van der Waals surface area contributed by atoms with Gasteiger partial charge in [-0.05, 0) is 31.2 Å². The summed E-state index contributed by atoms with van der Waals surface area (Å²) < 4.78 is 5.40. The van der Waals surface area contributed by atoms with E-state index in [0.29, 0.717) is 11.1 Å². The van der Waals surface area contributed by atoms with Crippen LogP contribution in [-0.2, 0) is 0 Å². The number of ether oxygens (including phenoxy) is 1. The second kappa shape index (κ2) is 8.75. The van der Waals surface area contributed by atoms with Gasteiger partial charge in [0.25, 0.3) is 5.69 Å². The number of carbonyl (C=O) groups is 2. The van der Waals surface area contributed by atoms with Crippen molar-refractivity contribution in [3.8, 4) is 5.75 Å². The van der Waals surface area contributed by atoms with Crippen LogP contribution in [0.2, 0.25) is 0 Å². The van der Waals surface area contributed by atoms with Crippen molar-refractivity contribution in [2.24, 2.45) is 0 Å². The fourth-order valence-electron chi connectivity index (χ4n) is 2.60. The Morgan fingerprint density at radius 1 is 0.931 bits per heavy atom. The zero-order valence-electron chi connectivity index (χ0n) is 15.6. The predicted molar refractivity (Wildman–Crippen MR) is 109 cm³/mol. The molecule has 0 aliphatic rings. The molecule has 0 spiro atoms. The summed E-state index contributed by atoms with van der Waals surface area (Å²) >= 11 is 0. The first-order chi connectivity index (χ1) is 13.9. The molecule has 6 nitrogen and oxygen atoms in total. The zero-order chi connectivity index (χ0) is 20.8. The Morgan fingerprint density at radius 2 is 1.66 bits per heavy atom. The van der Waals surface area contributed by atoms with E-state index < -0.39 is 10.9 Å². The molecule has 0 aliphatic carbocycles. The van der Waals surface area contributed by atoms with E-state index in [1.54, 1.807) is 42.5 Å². The SMILES string of the molecule is Cc1ccc(C(=O)C=Cc2ccccc2OC(=O)c2cccc([N+](=O)[O-])c2)cc1. The Hall–Kier alpha value is -4.06. The normalized spacial score (nSPS) is 10.7. The van der Waals surface area contributed by atoms with Crippen molar-refractivity contribution in [1.82, 2.24) is 0 Å². The van der Waals surface area contributed by atoms with Gasteiger partial charge >= 0.3 is 5.97 Å². The van der Waals surface area contributed by atoms with Gasteiger partial charge in [0, 0.05) is 23.3 Å². The molecule has 0 bridgehead atoms. The van der Waals surface area contributed by atoms with Gasteiger partial charge in [-0.2, -0.15) is 0 Å². The number of hydrogen-bond donors (Lipinski definition) is 0. The summed E-state index contributed by atoms with van der Waals surface area (Å²) in [4.78, 5) is 35.0. The van der Waals surface area contributed by atoms with Crippen molar-refractivity contribution in [2.75, 3.05) is 0 Å². The van der Waals surface area contributed by atoms with Crippen molar-refractivity contribution in [3.05, 3.63) is 111 Å². The molecular formula is C23H17NO5. The maximum Gasteiger partial charge on any atom is 0.343 e. The van der Waals surface area contributed by atoms with E-state index in [4.69, 9.17) is 4.74 Å². The summed E-state index contributed by atoms with van der Waals surface area (Å²) in [5, 5.41) is 10.9. The number of nitro groups is 1. The van der Waals surface area contributed by atoms with Crippen molar-refractivity contribution in [1.29, 1.82) is 0 Å². The second-order valence-corrected chi connectivity index (χ2v) is 6.30. The number of ketones is 1. The van der Waals surface area contributed by atoms with Gasteiger partial charge in [-0.1, -0.05) is 54.1 Å². The second-order valence-electron chi connectivity index (χ2n) is 6.30. The van der Waals surface area contributed by atoms with E-state index in [9.17, 15) is 19.7 Å². The summed E-state index contributed by atoms with van der Waals surface area (Å²) in [6, 6.07) is 19.2. The van der Waals surface area contributed by atoms with Crippen molar-refractivity contribution in [2.45, 2.75) is 6.92 Å². The van der Waals surface area contributed by atoms with Crippen LogP contribution in [0.15, 0.2) is 78.9 Å². The summed E-state index contributed by atoms with van der Waals surface area (Å²) in [6.45, 7) is 1.94. The van der Waals surface area contributed by atoms with Crippen LogP contribution < -0.4 is 4.74 Å². The van der Waals surface area contributed by atoms with Crippen LogP contribution in [0.4, 0.5) is 5.69 Å². The average molecular weight is 387 g/mol. The summed E-state index contributed by atoms with van der Waals surface area (Å²) in [5.74, 6) is -0.652. The van der Waals surface area contributed by atoms with E-state index >= 15 is 0 Å². The lowest BCUT2D eigenvalue weighted by Gasteiger charge is -2.07. The van der Waals surface area contributed by atoms with E-state index in [1.165, 1.54) is 24.3 Å². The molecule has 0 saturated carbocycles. The molecule has 29 heavy (non-hydrogen) atoms. The Bertz CT molecular complexity index is 1100. The molecule has 3 rings (SSSR count). The number of carbonyl (C=O) groups excluding carboxylic acids is 2. The van der Waals surface area contributed by atoms with Crippen LogP contribution in [0.5, 0.6) is 5.75 Å². The Labute approximate surface area is 167 Å². The van der Waals surface area contributed by atoms with Gasteiger partial charge in [0.05, 0.1) is 10.5 Å². The smallest absolute Gasteiger partial charge is 0.343 e. The molecule has 0 N–H and O–H groups in total. The lowest BCUT2D eigenvalue weighted by molar-refractivity contribution is -0.384. The predicted octanol–water partition coefficient (Wildman–Crippen LogP) is 5.02. The van der Waals surface area contributed by atoms with Gasteiger partial charge in [0.1, 0.15) is 5.75 Å². The number of para-hydroxylation sites is 1. The van der Waals surface area contributed by atoms with Gasteiger partial charge in [-0.15, -0.1) is 0 Å². The first-order valence-corrected chi connectivity index (χ1v) is 8.79. The van der Waals surface area contributed by atoms with E-state index in [1.807, 2.05) is 19.1 Å². The molecule has 0 amide bonds. The van der Waals surface area contributed by atoms with Gasteiger partial charge in [0.15, 0.2) is 5.78 Å². The number of rotatable bonds is 6. The number of non-ortho nitro benzene ring substituents is 1. The summed E-state index contributed by atoms with van der Waals surface area (Å²) in [7, 11) is 0. The van der Waals surface area contributed by atoms with Crippen LogP contribution in [-0.4, -0.2) is 16.7 Å². The van der Waals surface area contributed by atoms with E-state index in [-0.39, 0.29) is 22.8 Å². The molecule has 0 atom stereocenters. The largest absolute Gasteiger partial charge is 0.422 e. The number of nitrogens with zero attached hydrogens (tertiary/aromatic N) is 1. The number of allylic oxidation sites excluding steroid dienone is 1. The highest BCUT2D eigenvalue weighted by Gasteiger charge is 2.14.